The predicted molar refractivity (Wildman–Crippen MR) is 100 cm³/mol. The molecule has 0 saturated carbocycles. The monoisotopic (exact) mass is 405 g/mol. The van der Waals surface area contributed by atoms with Gasteiger partial charge >= 0.3 is 17.9 Å². The fraction of sp³-hybridized carbons (Fsp3) is 0.500. The third-order valence-electron chi connectivity index (χ3n) is 4.71. The van der Waals surface area contributed by atoms with Gasteiger partial charge in [0, 0.05) is 32.5 Å². The largest absolute Gasteiger partial charge is 0.464 e. The molecule has 0 radical (unpaired) electrons. The lowest BCUT2D eigenvalue weighted by Crippen LogP contribution is -2.44. The summed E-state index contributed by atoms with van der Waals surface area (Å²) in [6, 6.07) is 3.04. The van der Waals surface area contributed by atoms with E-state index in [9.17, 15) is 14.4 Å². The van der Waals surface area contributed by atoms with Crippen molar-refractivity contribution in [3.8, 4) is 11.5 Å². The Morgan fingerprint density at radius 1 is 1.10 bits per heavy atom. The SMILES string of the molecule is CC(=O)OC[C@@H]1N=Cc2c(ccc3c2OCO3)[C@H]1[C@@H](OC(C)=O)[C@@H](C)OC(C)=O. The van der Waals surface area contributed by atoms with E-state index in [0.717, 1.165) is 5.56 Å². The van der Waals surface area contributed by atoms with Crippen LogP contribution in [-0.2, 0) is 28.6 Å². The summed E-state index contributed by atoms with van der Waals surface area (Å²) in [5, 5.41) is 0. The van der Waals surface area contributed by atoms with Crippen LogP contribution in [0.3, 0.4) is 0 Å². The highest BCUT2D eigenvalue weighted by Crippen LogP contribution is 2.44. The lowest BCUT2D eigenvalue weighted by Gasteiger charge is -2.36. The van der Waals surface area contributed by atoms with Crippen LogP contribution in [0, 0.1) is 0 Å². The minimum atomic E-state index is -0.853. The summed E-state index contributed by atoms with van der Waals surface area (Å²) in [4.78, 5) is 39.2. The van der Waals surface area contributed by atoms with Crippen molar-refractivity contribution in [2.24, 2.45) is 4.99 Å². The van der Waals surface area contributed by atoms with Gasteiger partial charge in [-0.25, -0.2) is 0 Å². The van der Waals surface area contributed by atoms with E-state index in [2.05, 4.69) is 4.99 Å². The summed E-state index contributed by atoms with van der Waals surface area (Å²) in [6.45, 7) is 5.58. The number of hydrogen-bond donors (Lipinski definition) is 0. The van der Waals surface area contributed by atoms with Crippen molar-refractivity contribution in [1.82, 2.24) is 0 Å². The topological polar surface area (TPSA) is 110 Å². The van der Waals surface area contributed by atoms with E-state index in [-0.39, 0.29) is 13.4 Å². The third-order valence-corrected chi connectivity index (χ3v) is 4.71. The van der Waals surface area contributed by atoms with E-state index in [1.807, 2.05) is 6.07 Å². The first kappa shape index (κ1) is 20.6. The van der Waals surface area contributed by atoms with Gasteiger partial charge in [-0.3, -0.25) is 19.4 Å². The second-order valence-corrected chi connectivity index (χ2v) is 6.86. The van der Waals surface area contributed by atoms with Crippen LogP contribution in [0.1, 0.15) is 44.7 Å². The Morgan fingerprint density at radius 3 is 2.48 bits per heavy atom. The normalized spacial score (nSPS) is 21.0. The molecule has 0 saturated heterocycles. The summed E-state index contributed by atoms with van der Waals surface area (Å²) in [6.07, 6.45) is 0.0239. The zero-order valence-electron chi connectivity index (χ0n) is 16.7. The molecule has 0 aromatic heterocycles. The van der Waals surface area contributed by atoms with Crippen LogP contribution in [0.15, 0.2) is 17.1 Å². The number of nitrogens with zero attached hydrogens (tertiary/aromatic N) is 1. The minimum Gasteiger partial charge on any atom is -0.464 e. The number of carbonyl (C=O) groups is 3. The number of carbonyl (C=O) groups excluding carboxylic acids is 3. The molecule has 2 aliphatic rings. The van der Waals surface area contributed by atoms with Crippen LogP contribution >= 0.6 is 0 Å². The number of fused-ring (bicyclic) bond motifs is 3. The maximum atomic E-state index is 11.8. The van der Waals surface area contributed by atoms with Crippen molar-refractivity contribution in [3.63, 3.8) is 0 Å². The zero-order valence-corrected chi connectivity index (χ0v) is 16.7. The number of ether oxygens (including phenoxy) is 5. The van der Waals surface area contributed by atoms with Gasteiger partial charge in [0.2, 0.25) is 6.79 Å². The fourth-order valence-corrected chi connectivity index (χ4v) is 3.63. The molecule has 2 aliphatic heterocycles. The lowest BCUT2D eigenvalue weighted by molar-refractivity contribution is -0.166. The van der Waals surface area contributed by atoms with Gasteiger partial charge < -0.3 is 23.7 Å². The number of aliphatic imine (C=N–C) groups is 1. The molecule has 2 heterocycles. The molecule has 1 aromatic carbocycles. The molecular formula is C20H23NO8. The molecule has 0 amide bonds. The standard InChI is InChI=1S/C20H23NO8/c1-10(28-12(3)23)19(29-13(4)24)18-14-5-6-17-20(27-9-26-17)15(14)7-21-16(18)8-25-11(2)22/h5-7,10,16,18-19H,8-9H2,1-4H3/t10-,16+,18-,19+/m1/s1. The van der Waals surface area contributed by atoms with Crippen molar-refractivity contribution in [1.29, 1.82) is 0 Å². The van der Waals surface area contributed by atoms with Gasteiger partial charge in [0.25, 0.3) is 0 Å². The van der Waals surface area contributed by atoms with Crippen LogP contribution in [0.5, 0.6) is 11.5 Å². The molecule has 0 bridgehead atoms. The number of hydrogen-bond acceptors (Lipinski definition) is 9. The Labute approximate surface area is 167 Å². The van der Waals surface area contributed by atoms with Crippen LogP contribution in [0.4, 0.5) is 0 Å². The first-order valence-corrected chi connectivity index (χ1v) is 9.21. The molecule has 9 heteroatoms. The molecule has 1 aromatic rings. The Bertz CT molecular complexity index is 849. The summed E-state index contributed by atoms with van der Waals surface area (Å²) in [5.41, 5.74) is 1.46. The van der Waals surface area contributed by atoms with Gasteiger partial charge in [0.15, 0.2) is 11.5 Å². The number of benzene rings is 1. The molecule has 3 rings (SSSR count). The molecule has 29 heavy (non-hydrogen) atoms. The van der Waals surface area contributed by atoms with Gasteiger partial charge in [0.05, 0.1) is 12.0 Å². The first-order valence-electron chi connectivity index (χ1n) is 9.21. The third kappa shape index (κ3) is 4.49. The van der Waals surface area contributed by atoms with E-state index >= 15 is 0 Å². The van der Waals surface area contributed by atoms with Crippen molar-refractivity contribution < 1.29 is 38.1 Å². The second kappa shape index (κ2) is 8.50. The smallest absolute Gasteiger partial charge is 0.303 e. The zero-order chi connectivity index (χ0) is 21.1. The van der Waals surface area contributed by atoms with Crippen LogP contribution in [-0.4, -0.2) is 55.8 Å². The Hall–Kier alpha value is -3.10. The summed E-state index contributed by atoms with van der Waals surface area (Å²) in [7, 11) is 0. The Balaban J connectivity index is 2.05. The van der Waals surface area contributed by atoms with E-state index in [1.54, 1.807) is 19.2 Å². The highest BCUT2D eigenvalue weighted by Gasteiger charge is 2.42. The van der Waals surface area contributed by atoms with E-state index in [1.165, 1.54) is 20.8 Å². The molecule has 0 aliphatic carbocycles. The molecule has 4 atom stereocenters. The van der Waals surface area contributed by atoms with Gasteiger partial charge in [-0.15, -0.1) is 0 Å². The second-order valence-electron chi connectivity index (χ2n) is 6.86. The molecule has 156 valence electrons. The van der Waals surface area contributed by atoms with Gasteiger partial charge in [-0.05, 0) is 18.6 Å². The summed E-state index contributed by atoms with van der Waals surface area (Å²) >= 11 is 0. The number of rotatable bonds is 6. The average molecular weight is 405 g/mol. The van der Waals surface area contributed by atoms with E-state index < -0.39 is 42.1 Å². The van der Waals surface area contributed by atoms with Crippen LogP contribution in [0.25, 0.3) is 0 Å². The molecule has 0 unspecified atom stereocenters. The van der Waals surface area contributed by atoms with Crippen molar-refractivity contribution in [3.05, 3.63) is 23.3 Å². The highest BCUT2D eigenvalue weighted by atomic mass is 16.7. The molecule has 0 N–H and O–H groups in total. The van der Waals surface area contributed by atoms with Crippen molar-refractivity contribution in [2.45, 2.75) is 51.9 Å². The molecular weight excluding hydrogens is 382 g/mol. The average Bonchev–Trinajstić information content (AvgIpc) is 3.12. The van der Waals surface area contributed by atoms with Gasteiger partial charge in [-0.1, -0.05) is 6.07 Å². The lowest BCUT2D eigenvalue weighted by atomic mass is 9.80. The fourth-order valence-electron chi connectivity index (χ4n) is 3.63. The quantitative estimate of drug-likeness (QED) is 0.520. The molecule has 0 spiro atoms. The van der Waals surface area contributed by atoms with Crippen molar-refractivity contribution >= 4 is 24.1 Å². The molecule has 0 fully saturated rings. The number of esters is 3. The maximum Gasteiger partial charge on any atom is 0.303 e. The summed E-state index contributed by atoms with van der Waals surface area (Å²) in [5.74, 6) is -0.892. The highest BCUT2D eigenvalue weighted by molar-refractivity contribution is 5.89. The van der Waals surface area contributed by atoms with Crippen LogP contribution < -0.4 is 9.47 Å². The van der Waals surface area contributed by atoms with Crippen LogP contribution in [0.2, 0.25) is 0 Å². The van der Waals surface area contributed by atoms with Gasteiger partial charge in [0.1, 0.15) is 18.8 Å². The first-order chi connectivity index (χ1) is 13.8. The Morgan fingerprint density at radius 2 is 1.83 bits per heavy atom. The predicted octanol–water partition coefficient (Wildman–Crippen LogP) is 1.75. The van der Waals surface area contributed by atoms with E-state index in [0.29, 0.717) is 17.1 Å². The maximum absolute atomic E-state index is 11.8. The van der Waals surface area contributed by atoms with E-state index in [4.69, 9.17) is 23.7 Å². The Kier molecular flexibility index (Phi) is 6.05. The molecule has 9 nitrogen and oxygen atoms in total. The minimum absolute atomic E-state index is 0.0189. The van der Waals surface area contributed by atoms with Crippen molar-refractivity contribution in [2.75, 3.05) is 13.4 Å². The summed E-state index contributed by atoms with van der Waals surface area (Å²) < 4.78 is 27.1. The van der Waals surface area contributed by atoms with Gasteiger partial charge in [-0.2, -0.15) is 0 Å².